The van der Waals surface area contributed by atoms with E-state index in [0.29, 0.717) is 6.54 Å². The number of nitrogens with one attached hydrogen (secondary N) is 1. The third-order valence-electron chi connectivity index (χ3n) is 3.15. The van der Waals surface area contributed by atoms with Crippen molar-refractivity contribution in [3.63, 3.8) is 0 Å². The van der Waals surface area contributed by atoms with Crippen molar-refractivity contribution in [3.05, 3.63) is 47.1 Å². The van der Waals surface area contributed by atoms with E-state index in [2.05, 4.69) is 28.3 Å². The fourth-order valence-corrected chi connectivity index (χ4v) is 3.03. The summed E-state index contributed by atoms with van der Waals surface area (Å²) in [5.74, 6) is 0.847. The summed E-state index contributed by atoms with van der Waals surface area (Å²) in [5.41, 5.74) is 7.77. The van der Waals surface area contributed by atoms with Gasteiger partial charge in [0.05, 0.1) is 5.39 Å². The van der Waals surface area contributed by atoms with Gasteiger partial charge in [-0.3, -0.25) is 0 Å². The summed E-state index contributed by atoms with van der Waals surface area (Å²) in [4.78, 5) is 11.0. The Morgan fingerprint density at radius 3 is 2.95 bits per heavy atom. The van der Waals surface area contributed by atoms with E-state index in [4.69, 9.17) is 5.73 Å². The highest BCUT2D eigenvalue weighted by molar-refractivity contribution is 7.18. The van der Waals surface area contributed by atoms with E-state index in [1.165, 1.54) is 4.88 Å². The number of fused-ring (bicyclic) bond motifs is 1. The Labute approximate surface area is 121 Å². The fourth-order valence-electron chi connectivity index (χ4n) is 2.09. The summed E-state index contributed by atoms with van der Waals surface area (Å²) < 4.78 is 0. The van der Waals surface area contributed by atoms with Gasteiger partial charge in [0.2, 0.25) is 0 Å². The highest BCUT2D eigenvalue weighted by Crippen LogP contribution is 2.30. The van der Waals surface area contributed by atoms with Gasteiger partial charge in [0.25, 0.3) is 0 Å². The van der Waals surface area contributed by atoms with Crippen molar-refractivity contribution in [1.82, 2.24) is 9.97 Å². The molecule has 20 heavy (non-hydrogen) atoms. The van der Waals surface area contributed by atoms with Crippen LogP contribution in [0.3, 0.4) is 0 Å². The van der Waals surface area contributed by atoms with E-state index in [9.17, 15) is 0 Å². The third-order valence-corrected chi connectivity index (χ3v) is 4.34. The number of nitrogens with zero attached hydrogens (tertiary/aromatic N) is 2. The highest BCUT2D eigenvalue weighted by atomic mass is 32.1. The molecule has 0 unspecified atom stereocenters. The first-order chi connectivity index (χ1) is 9.80. The first kappa shape index (κ1) is 13.0. The van der Waals surface area contributed by atoms with Gasteiger partial charge in [-0.15, -0.1) is 11.3 Å². The van der Waals surface area contributed by atoms with Crippen LogP contribution in [-0.2, 0) is 13.0 Å². The molecule has 4 nitrogen and oxygen atoms in total. The Morgan fingerprint density at radius 1 is 1.25 bits per heavy atom. The smallest absolute Gasteiger partial charge is 0.142 e. The molecule has 0 aliphatic rings. The summed E-state index contributed by atoms with van der Waals surface area (Å²) in [6, 6.07) is 10.2. The Balaban J connectivity index is 1.99. The normalized spacial score (nSPS) is 10.9. The van der Waals surface area contributed by atoms with E-state index in [0.717, 1.165) is 33.7 Å². The van der Waals surface area contributed by atoms with Crippen molar-refractivity contribution in [2.24, 2.45) is 5.73 Å². The zero-order valence-corrected chi connectivity index (χ0v) is 12.1. The predicted molar refractivity (Wildman–Crippen MR) is 84.4 cm³/mol. The molecule has 2 heterocycles. The average Bonchev–Trinajstić information content (AvgIpc) is 2.92. The van der Waals surface area contributed by atoms with Crippen molar-refractivity contribution < 1.29 is 0 Å². The number of hydrogen-bond acceptors (Lipinski definition) is 5. The van der Waals surface area contributed by atoms with Crippen molar-refractivity contribution in [2.75, 3.05) is 5.32 Å². The molecular formula is C15H16N4S. The number of hydrogen-bond donors (Lipinski definition) is 2. The van der Waals surface area contributed by atoms with Gasteiger partial charge in [0.1, 0.15) is 17.0 Å². The van der Waals surface area contributed by atoms with E-state index in [1.807, 2.05) is 24.3 Å². The fraction of sp³-hybridized carbons (Fsp3) is 0.200. The van der Waals surface area contributed by atoms with Crippen LogP contribution in [0.4, 0.5) is 11.5 Å². The quantitative estimate of drug-likeness (QED) is 0.770. The van der Waals surface area contributed by atoms with Gasteiger partial charge in [0.15, 0.2) is 0 Å². The third kappa shape index (κ3) is 2.50. The number of thiophene rings is 1. The Hall–Kier alpha value is -1.98. The topological polar surface area (TPSA) is 63.8 Å². The molecular weight excluding hydrogens is 268 g/mol. The minimum atomic E-state index is 0.535. The highest BCUT2D eigenvalue weighted by Gasteiger charge is 2.08. The number of aromatic nitrogens is 2. The monoisotopic (exact) mass is 284 g/mol. The van der Waals surface area contributed by atoms with Crippen molar-refractivity contribution in [3.8, 4) is 0 Å². The maximum Gasteiger partial charge on any atom is 0.142 e. The molecule has 3 aromatic rings. The largest absolute Gasteiger partial charge is 0.340 e. The number of anilines is 2. The van der Waals surface area contributed by atoms with Crippen LogP contribution in [0.1, 0.15) is 17.4 Å². The van der Waals surface area contributed by atoms with Crippen molar-refractivity contribution in [1.29, 1.82) is 0 Å². The summed E-state index contributed by atoms with van der Waals surface area (Å²) >= 11 is 1.72. The van der Waals surface area contributed by atoms with E-state index in [-0.39, 0.29) is 0 Å². The zero-order chi connectivity index (χ0) is 13.9. The second-order valence-corrected chi connectivity index (χ2v) is 5.65. The number of nitrogens with two attached hydrogens (primary N) is 1. The molecule has 0 bridgehead atoms. The second-order valence-electron chi connectivity index (χ2n) is 4.54. The molecule has 0 saturated carbocycles. The van der Waals surface area contributed by atoms with Gasteiger partial charge in [-0.25, -0.2) is 9.97 Å². The van der Waals surface area contributed by atoms with Gasteiger partial charge in [-0.1, -0.05) is 19.1 Å². The lowest BCUT2D eigenvalue weighted by Crippen LogP contribution is -1.98. The molecule has 1 aromatic carbocycles. The molecule has 102 valence electrons. The van der Waals surface area contributed by atoms with Gasteiger partial charge in [0, 0.05) is 17.1 Å². The van der Waals surface area contributed by atoms with E-state index >= 15 is 0 Å². The van der Waals surface area contributed by atoms with Gasteiger partial charge in [-0.05, 0) is 30.2 Å². The zero-order valence-electron chi connectivity index (χ0n) is 11.3. The SMILES string of the molecule is CCc1cc2c(Nc3cccc(CN)c3)ncnc2s1. The van der Waals surface area contributed by atoms with Crippen LogP contribution in [0.15, 0.2) is 36.7 Å². The molecule has 0 saturated heterocycles. The summed E-state index contributed by atoms with van der Waals surface area (Å²) in [7, 11) is 0. The summed E-state index contributed by atoms with van der Waals surface area (Å²) in [5, 5.41) is 4.44. The second kappa shape index (κ2) is 5.56. The maximum absolute atomic E-state index is 5.67. The predicted octanol–water partition coefficient (Wildman–Crippen LogP) is 3.46. The molecule has 0 aliphatic carbocycles. The summed E-state index contributed by atoms with van der Waals surface area (Å²) in [6.45, 7) is 2.68. The van der Waals surface area contributed by atoms with Crippen LogP contribution in [0.2, 0.25) is 0 Å². The Kier molecular flexibility index (Phi) is 3.62. The minimum Gasteiger partial charge on any atom is -0.340 e. The van der Waals surface area contributed by atoms with Crippen LogP contribution < -0.4 is 11.1 Å². The van der Waals surface area contributed by atoms with E-state index in [1.54, 1.807) is 17.7 Å². The van der Waals surface area contributed by atoms with Gasteiger partial charge in [-0.2, -0.15) is 0 Å². The maximum atomic E-state index is 5.67. The number of aryl methyl sites for hydroxylation is 1. The number of rotatable bonds is 4. The van der Waals surface area contributed by atoms with Crippen LogP contribution in [0.25, 0.3) is 10.2 Å². The van der Waals surface area contributed by atoms with Gasteiger partial charge >= 0.3 is 0 Å². The molecule has 0 atom stereocenters. The van der Waals surface area contributed by atoms with Crippen LogP contribution in [0.5, 0.6) is 0 Å². The first-order valence-electron chi connectivity index (χ1n) is 6.59. The summed E-state index contributed by atoms with van der Waals surface area (Å²) in [6.07, 6.45) is 2.62. The first-order valence-corrected chi connectivity index (χ1v) is 7.41. The standard InChI is InChI=1S/C15H16N4S/c1-2-12-7-13-14(17-9-18-15(13)20-12)19-11-5-3-4-10(6-11)8-16/h3-7,9H,2,8,16H2,1H3,(H,17,18,19). The minimum absolute atomic E-state index is 0.535. The Bertz CT molecular complexity index is 736. The van der Waals surface area contributed by atoms with Crippen LogP contribution >= 0.6 is 11.3 Å². The van der Waals surface area contributed by atoms with Crippen molar-refractivity contribution >= 4 is 33.1 Å². The lowest BCUT2D eigenvalue weighted by atomic mass is 10.2. The molecule has 2 aromatic heterocycles. The number of benzene rings is 1. The molecule has 0 aliphatic heterocycles. The molecule has 3 rings (SSSR count). The lowest BCUT2D eigenvalue weighted by molar-refractivity contribution is 1.07. The van der Waals surface area contributed by atoms with Gasteiger partial charge < -0.3 is 11.1 Å². The Morgan fingerprint density at radius 2 is 2.15 bits per heavy atom. The lowest BCUT2D eigenvalue weighted by Gasteiger charge is -2.07. The average molecular weight is 284 g/mol. The van der Waals surface area contributed by atoms with Crippen LogP contribution in [0, 0.1) is 0 Å². The molecule has 0 fully saturated rings. The van der Waals surface area contributed by atoms with E-state index < -0.39 is 0 Å². The molecule has 3 N–H and O–H groups in total. The van der Waals surface area contributed by atoms with Crippen molar-refractivity contribution in [2.45, 2.75) is 19.9 Å². The molecule has 0 spiro atoms. The molecule has 0 amide bonds. The molecule has 0 radical (unpaired) electrons. The molecule has 5 heteroatoms. The van der Waals surface area contributed by atoms with Crippen LogP contribution in [-0.4, -0.2) is 9.97 Å².